The van der Waals surface area contributed by atoms with Crippen molar-refractivity contribution in [3.8, 4) is 0 Å². The number of nitrogens with zero attached hydrogens (tertiary/aromatic N) is 1. The molecule has 0 radical (unpaired) electrons. The van der Waals surface area contributed by atoms with Crippen LogP contribution in [-0.2, 0) is 27.9 Å². The number of likely N-dealkylation sites (N-methyl/N-ethyl adjacent to an activating group) is 1. The Bertz CT molecular complexity index is 1850. The van der Waals surface area contributed by atoms with Crippen molar-refractivity contribution in [3.05, 3.63) is 122 Å². The number of amides is 1. The third kappa shape index (κ3) is 62.9. The van der Waals surface area contributed by atoms with Gasteiger partial charge in [0.2, 0.25) is 5.91 Å². The fraction of sp³-hybridized carbons (Fsp3) is 0.703. The molecule has 0 aliphatic carbocycles. The number of quaternary nitrogens is 1. The first-order valence-electron chi connectivity index (χ1n) is 34.3. The minimum atomic E-state index is -4.72. The van der Waals surface area contributed by atoms with E-state index in [0.717, 1.165) is 109 Å². The van der Waals surface area contributed by atoms with E-state index in [9.17, 15) is 19.0 Å². The van der Waals surface area contributed by atoms with Crippen molar-refractivity contribution in [1.82, 2.24) is 5.32 Å². The number of hydrogen-bond acceptors (Lipinski definition) is 7. The molecule has 0 aliphatic rings. The van der Waals surface area contributed by atoms with E-state index in [0.29, 0.717) is 17.4 Å². The third-order valence-electron chi connectivity index (χ3n) is 14.6. The van der Waals surface area contributed by atoms with Crippen LogP contribution in [0.1, 0.15) is 284 Å². The maximum atomic E-state index is 13.6. The van der Waals surface area contributed by atoms with Crippen LogP contribution in [0.15, 0.2) is 122 Å². The molecule has 1 N–H and O–H groups in total. The van der Waals surface area contributed by atoms with Gasteiger partial charge >= 0.3 is 5.97 Å². The Morgan fingerprint density at radius 3 is 1.18 bits per heavy atom. The highest BCUT2D eigenvalue weighted by Gasteiger charge is 2.27. The average Bonchev–Trinajstić information content (AvgIpc) is 3.64. The average molecular weight is 1190 g/mol. The molecular weight excluding hydrogens is 1060 g/mol. The molecule has 3 unspecified atom stereocenters. The van der Waals surface area contributed by atoms with Gasteiger partial charge in [-0.15, -0.1) is 0 Å². The summed E-state index contributed by atoms with van der Waals surface area (Å²) in [6.07, 6.45) is 87.5. The number of rotatable bonds is 61. The third-order valence-corrected chi connectivity index (χ3v) is 15.6. The molecule has 0 aromatic heterocycles. The molecule has 0 aromatic rings. The maximum absolute atomic E-state index is 13.6. The maximum Gasteiger partial charge on any atom is 0.306 e. The highest BCUT2D eigenvalue weighted by atomic mass is 31.2. The number of nitrogens with one attached hydrogen (secondary N) is 1. The monoisotopic (exact) mass is 1190 g/mol. The summed E-state index contributed by atoms with van der Waals surface area (Å²) >= 11 is 0. The second-order valence-corrected chi connectivity index (χ2v) is 25.4. The quantitative estimate of drug-likeness (QED) is 0.0212. The van der Waals surface area contributed by atoms with Gasteiger partial charge in [0.25, 0.3) is 7.82 Å². The van der Waals surface area contributed by atoms with Gasteiger partial charge in [-0.05, 0) is 122 Å². The van der Waals surface area contributed by atoms with E-state index in [2.05, 4.69) is 135 Å². The number of phosphoric acid groups is 1. The van der Waals surface area contributed by atoms with Gasteiger partial charge in [0, 0.05) is 12.8 Å². The van der Waals surface area contributed by atoms with Crippen molar-refractivity contribution >= 4 is 19.7 Å². The number of unbranched alkanes of at least 4 members (excludes halogenated alkanes) is 27. The van der Waals surface area contributed by atoms with Crippen LogP contribution in [0.2, 0.25) is 0 Å². The summed E-state index contributed by atoms with van der Waals surface area (Å²) in [5.41, 5.74) is 0. The van der Waals surface area contributed by atoms with Gasteiger partial charge in [0.05, 0.1) is 33.8 Å². The van der Waals surface area contributed by atoms with Crippen molar-refractivity contribution in [2.75, 3.05) is 40.9 Å². The Balaban J connectivity index is 5.19. The highest BCUT2D eigenvalue weighted by molar-refractivity contribution is 7.45. The predicted octanol–water partition coefficient (Wildman–Crippen LogP) is 21.2. The van der Waals surface area contributed by atoms with Crippen molar-refractivity contribution in [3.63, 3.8) is 0 Å². The first kappa shape index (κ1) is 80.4. The number of carbonyl (C=O) groups is 2. The molecule has 9 nitrogen and oxygen atoms in total. The van der Waals surface area contributed by atoms with E-state index in [1.165, 1.54) is 135 Å². The second kappa shape index (κ2) is 62.5. The zero-order valence-corrected chi connectivity index (χ0v) is 56.0. The molecule has 0 fully saturated rings. The van der Waals surface area contributed by atoms with Gasteiger partial charge in [-0.3, -0.25) is 14.2 Å². The van der Waals surface area contributed by atoms with Crippen LogP contribution in [0, 0.1) is 0 Å². The summed E-state index contributed by atoms with van der Waals surface area (Å²) in [5.74, 6) is -0.597. The first-order valence-corrected chi connectivity index (χ1v) is 35.8. The zero-order chi connectivity index (χ0) is 61.4. The molecule has 0 aliphatic heterocycles. The zero-order valence-electron chi connectivity index (χ0n) is 55.1. The minimum Gasteiger partial charge on any atom is -0.756 e. The van der Waals surface area contributed by atoms with E-state index in [-0.39, 0.29) is 31.3 Å². The van der Waals surface area contributed by atoms with Gasteiger partial charge in [0.15, 0.2) is 0 Å². The predicted molar refractivity (Wildman–Crippen MR) is 362 cm³/mol. The molecule has 0 saturated carbocycles. The fourth-order valence-corrected chi connectivity index (χ4v) is 10.1. The molecule has 0 aromatic carbocycles. The van der Waals surface area contributed by atoms with Crippen LogP contribution < -0.4 is 10.2 Å². The molecule has 0 bridgehead atoms. The lowest BCUT2D eigenvalue weighted by Gasteiger charge is -2.30. The Morgan fingerprint density at radius 2 is 0.762 bits per heavy atom. The lowest BCUT2D eigenvalue weighted by Crippen LogP contribution is -2.47. The number of hydrogen-bond donors (Lipinski definition) is 1. The molecule has 84 heavy (non-hydrogen) atoms. The summed E-state index contributed by atoms with van der Waals surface area (Å²) < 4.78 is 30.4. The van der Waals surface area contributed by atoms with Crippen LogP contribution in [-0.4, -0.2) is 69.4 Å². The molecule has 0 rings (SSSR count). The molecule has 10 heteroatoms. The lowest BCUT2D eigenvalue weighted by atomic mass is 10.0. The summed E-state index contributed by atoms with van der Waals surface area (Å²) in [4.78, 5) is 40.1. The molecule has 0 spiro atoms. The lowest BCUT2D eigenvalue weighted by molar-refractivity contribution is -0.870. The van der Waals surface area contributed by atoms with E-state index < -0.39 is 26.6 Å². The smallest absolute Gasteiger partial charge is 0.306 e. The summed E-state index contributed by atoms with van der Waals surface area (Å²) in [6.45, 7) is 6.67. The number of phosphoric ester groups is 1. The van der Waals surface area contributed by atoms with E-state index >= 15 is 0 Å². The molecule has 0 saturated heterocycles. The normalized spacial score (nSPS) is 14.3. The second-order valence-electron chi connectivity index (χ2n) is 23.9. The Kier molecular flexibility index (Phi) is 59.8. The minimum absolute atomic E-state index is 0.0370. The highest BCUT2D eigenvalue weighted by Crippen LogP contribution is 2.38. The Morgan fingerprint density at radius 1 is 0.429 bits per heavy atom. The summed E-state index contributed by atoms with van der Waals surface area (Å²) in [7, 11) is 1.14. The summed E-state index contributed by atoms with van der Waals surface area (Å²) in [5, 5.41) is 3.01. The van der Waals surface area contributed by atoms with Gasteiger partial charge in [-0.25, -0.2) is 0 Å². The van der Waals surface area contributed by atoms with Crippen molar-refractivity contribution < 1.29 is 37.3 Å². The Labute approximate surface area is 518 Å². The topological polar surface area (TPSA) is 114 Å². The van der Waals surface area contributed by atoms with Crippen LogP contribution >= 0.6 is 7.82 Å². The standard InChI is InChI=1S/C74H129N2O7P/c1-7-10-13-16-19-22-25-28-30-32-34-36-37-38-39-41-43-45-47-49-52-55-58-61-64-67-74(78)83-72(65-62-59-56-53-50-27-24-21-18-15-12-9-3)71(70-82-84(79,80)81-69-68-76(4,5)6)75-73(77)66-63-60-57-54-51-48-46-44-42-40-35-33-31-29-26-23-20-17-14-11-8-2/h11,14,19-20,22-23,28-31,34-36,40,44,46,51,54,62,65,71-72H,7-10,12-13,15-18,21,24-27,32-33,37-39,41-43,45,47-50,52-53,55-61,63-64,66-70H2,1-6H3,(H-,75,77,79,80)/b14-11-,22-19-,23-20-,30-28-,31-29-,36-34-,40-35-,46-44-,54-51-,65-62+. The first-order chi connectivity index (χ1) is 40.9. The molecule has 3 atom stereocenters. The van der Waals surface area contributed by atoms with Crippen LogP contribution in [0.25, 0.3) is 0 Å². The largest absolute Gasteiger partial charge is 0.756 e. The fourth-order valence-electron chi connectivity index (χ4n) is 9.36. The molecule has 0 heterocycles. The van der Waals surface area contributed by atoms with Crippen molar-refractivity contribution in [2.24, 2.45) is 0 Å². The van der Waals surface area contributed by atoms with Crippen LogP contribution in [0.3, 0.4) is 0 Å². The van der Waals surface area contributed by atoms with Crippen LogP contribution in [0.4, 0.5) is 0 Å². The summed E-state index contributed by atoms with van der Waals surface area (Å²) in [6, 6.07) is -0.921. The molecule has 482 valence electrons. The van der Waals surface area contributed by atoms with E-state index in [4.69, 9.17) is 13.8 Å². The van der Waals surface area contributed by atoms with Gasteiger partial charge in [-0.1, -0.05) is 271 Å². The molecular formula is C74H129N2O7P. The van der Waals surface area contributed by atoms with Gasteiger partial charge in [-0.2, -0.15) is 0 Å². The van der Waals surface area contributed by atoms with Gasteiger partial charge < -0.3 is 28.5 Å². The number of ether oxygens (including phenoxy) is 1. The Hall–Kier alpha value is -3.59. The number of carbonyl (C=O) groups excluding carboxylic acids is 2. The SMILES string of the molecule is CC/C=C\C/C=C\C/C=C\C/C=C\C/C=C\C/C=C\CCCCC(=O)NC(COP(=O)([O-])OCC[N+](C)(C)C)C(/C=C/CCCCCCCCCCCC)OC(=O)CCCCCCCCCCCCCC/C=C\C/C=C\C/C=C\CCCCC. The van der Waals surface area contributed by atoms with Crippen molar-refractivity contribution in [2.45, 2.75) is 296 Å². The van der Waals surface area contributed by atoms with E-state index in [1.807, 2.05) is 33.3 Å². The van der Waals surface area contributed by atoms with Gasteiger partial charge in [0.1, 0.15) is 19.3 Å². The number of allylic oxidation sites excluding steroid dienone is 19. The van der Waals surface area contributed by atoms with Crippen molar-refractivity contribution in [1.29, 1.82) is 0 Å². The van der Waals surface area contributed by atoms with Crippen LogP contribution in [0.5, 0.6) is 0 Å². The van der Waals surface area contributed by atoms with E-state index in [1.54, 1.807) is 0 Å². The molecule has 1 amide bonds. The number of esters is 1.